The number of nitrogens with zero attached hydrogens (tertiary/aromatic N) is 2. The molecule has 0 spiro atoms. The molecule has 2 atom stereocenters. The highest BCUT2D eigenvalue weighted by atomic mass is 32.2. The van der Waals surface area contributed by atoms with Gasteiger partial charge in [0.2, 0.25) is 0 Å². The average molecular weight is 269 g/mol. The first-order chi connectivity index (χ1) is 8.45. The third-order valence-electron chi connectivity index (χ3n) is 2.59. The van der Waals surface area contributed by atoms with Gasteiger partial charge >= 0.3 is 0 Å². The zero-order valence-corrected chi connectivity index (χ0v) is 12.4. The number of aliphatic hydroxyl groups excluding tert-OH is 1. The minimum atomic E-state index is -0.247. The summed E-state index contributed by atoms with van der Waals surface area (Å²) in [5, 5.41) is 14.3. The molecule has 1 heterocycles. The minimum Gasteiger partial charge on any atom is -0.394 e. The van der Waals surface area contributed by atoms with Crippen LogP contribution >= 0.6 is 11.8 Å². The molecule has 2 N–H and O–H groups in total. The summed E-state index contributed by atoms with van der Waals surface area (Å²) in [7, 11) is 0. The molecule has 0 aliphatic rings. The van der Waals surface area contributed by atoms with Crippen molar-refractivity contribution in [2.24, 2.45) is 0 Å². The highest BCUT2D eigenvalue weighted by molar-refractivity contribution is 7.99. The van der Waals surface area contributed by atoms with Crippen LogP contribution in [-0.4, -0.2) is 38.5 Å². The summed E-state index contributed by atoms with van der Waals surface area (Å²) in [5.74, 6) is 0. The molecule has 0 radical (unpaired) electrons. The highest BCUT2D eigenvalue weighted by Crippen LogP contribution is 2.26. The standard InChI is InChI=1S/C13H23N3OS/c1-10(2)16-13(4,9-17)7-11(3)18-12-8-14-5-6-15-12/h5-6,8,10-11,16-17H,7,9H2,1-4H3. The molecule has 0 fully saturated rings. The third kappa shape index (κ3) is 5.33. The molecule has 102 valence electrons. The lowest BCUT2D eigenvalue weighted by molar-refractivity contribution is 0.157. The molecule has 1 aromatic rings. The molecule has 0 aliphatic heterocycles. The van der Waals surface area contributed by atoms with Gasteiger partial charge in [-0.15, -0.1) is 11.8 Å². The largest absolute Gasteiger partial charge is 0.394 e. The van der Waals surface area contributed by atoms with Crippen LogP contribution in [0.25, 0.3) is 0 Å². The second-order valence-electron chi connectivity index (χ2n) is 5.19. The summed E-state index contributed by atoms with van der Waals surface area (Å²) in [4.78, 5) is 8.31. The Hall–Kier alpha value is -0.650. The van der Waals surface area contributed by atoms with Crippen LogP contribution in [0.5, 0.6) is 0 Å². The van der Waals surface area contributed by atoms with Crippen molar-refractivity contribution in [3.05, 3.63) is 18.6 Å². The Morgan fingerprint density at radius 1 is 1.39 bits per heavy atom. The first-order valence-electron chi connectivity index (χ1n) is 6.26. The smallest absolute Gasteiger partial charge is 0.115 e. The van der Waals surface area contributed by atoms with Crippen LogP contribution in [0.3, 0.4) is 0 Å². The lowest BCUT2D eigenvalue weighted by Gasteiger charge is -2.33. The van der Waals surface area contributed by atoms with E-state index in [0.29, 0.717) is 11.3 Å². The molecule has 18 heavy (non-hydrogen) atoms. The van der Waals surface area contributed by atoms with Crippen molar-refractivity contribution in [2.45, 2.75) is 56.0 Å². The van der Waals surface area contributed by atoms with Crippen molar-refractivity contribution < 1.29 is 5.11 Å². The Morgan fingerprint density at radius 3 is 2.61 bits per heavy atom. The van der Waals surface area contributed by atoms with Gasteiger partial charge in [0.15, 0.2) is 0 Å². The molecule has 0 aliphatic carbocycles. The quantitative estimate of drug-likeness (QED) is 0.742. The van der Waals surface area contributed by atoms with Crippen LogP contribution in [-0.2, 0) is 0 Å². The Kier molecular flexibility index (Phi) is 6.05. The van der Waals surface area contributed by atoms with Gasteiger partial charge in [-0.1, -0.05) is 20.8 Å². The fraction of sp³-hybridized carbons (Fsp3) is 0.692. The molecule has 0 saturated heterocycles. The van der Waals surface area contributed by atoms with Gasteiger partial charge in [0.25, 0.3) is 0 Å². The molecule has 0 saturated carbocycles. The topological polar surface area (TPSA) is 58.0 Å². The van der Waals surface area contributed by atoms with Gasteiger partial charge in [0.1, 0.15) is 5.03 Å². The molecule has 0 aromatic carbocycles. The summed E-state index contributed by atoms with van der Waals surface area (Å²) in [6.45, 7) is 8.52. The number of thioether (sulfide) groups is 1. The highest BCUT2D eigenvalue weighted by Gasteiger charge is 2.26. The summed E-state index contributed by atoms with van der Waals surface area (Å²) >= 11 is 1.69. The molecular weight excluding hydrogens is 246 g/mol. The Labute approximate surface area is 114 Å². The van der Waals surface area contributed by atoms with E-state index in [4.69, 9.17) is 0 Å². The van der Waals surface area contributed by atoms with E-state index in [2.05, 4.69) is 43.0 Å². The summed E-state index contributed by atoms with van der Waals surface area (Å²) in [6.07, 6.45) is 6.02. The Balaban J connectivity index is 2.54. The molecule has 2 unspecified atom stereocenters. The Morgan fingerprint density at radius 2 is 2.11 bits per heavy atom. The minimum absolute atomic E-state index is 0.135. The maximum Gasteiger partial charge on any atom is 0.115 e. The molecular formula is C13H23N3OS. The Bertz CT molecular complexity index is 347. The lowest BCUT2D eigenvalue weighted by Crippen LogP contribution is -2.50. The monoisotopic (exact) mass is 269 g/mol. The van der Waals surface area contributed by atoms with Crippen molar-refractivity contribution in [1.82, 2.24) is 15.3 Å². The lowest BCUT2D eigenvalue weighted by atomic mass is 9.96. The summed E-state index contributed by atoms with van der Waals surface area (Å²) in [6, 6.07) is 0.357. The second kappa shape index (κ2) is 7.07. The number of rotatable bonds is 7. The van der Waals surface area contributed by atoms with Crippen LogP contribution in [0.1, 0.15) is 34.1 Å². The van der Waals surface area contributed by atoms with Crippen molar-refractivity contribution in [1.29, 1.82) is 0 Å². The van der Waals surface area contributed by atoms with Crippen molar-refractivity contribution in [3.63, 3.8) is 0 Å². The molecule has 1 rings (SSSR count). The predicted octanol–water partition coefficient (Wildman–Crippen LogP) is 2.10. The normalized spacial score (nSPS) is 16.6. The summed E-state index contributed by atoms with van der Waals surface area (Å²) < 4.78 is 0. The van der Waals surface area contributed by atoms with Gasteiger partial charge in [0.05, 0.1) is 12.8 Å². The number of aromatic nitrogens is 2. The maximum absolute atomic E-state index is 9.55. The van der Waals surface area contributed by atoms with Crippen LogP contribution in [0.2, 0.25) is 0 Å². The van der Waals surface area contributed by atoms with Crippen molar-refractivity contribution in [2.75, 3.05) is 6.61 Å². The van der Waals surface area contributed by atoms with Gasteiger partial charge in [-0.05, 0) is 13.3 Å². The van der Waals surface area contributed by atoms with Crippen LogP contribution in [0.15, 0.2) is 23.6 Å². The molecule has 1 aromatic heterocycles. The van der Waals surface area contributed by atoms with Crippen molar-refractivity contribution in [3.8, 4) is 0 Å². The first kappa shape index (κ1) is 15.4. The predicted molar refractivity (Wildman–Crippen MR) is 75.7 cm³/mol. The number of nitrogens with one attached hydrogen (secondary N) is 1. The van der Waals surface area contributed by atoms with E-state index in [9.17, 15) is 5.11 Å². The van der Waals surface area contributed by atoms with Crippen LogP contribution < -0.4 is 5.32 Å². The maximum atomic E-state index is 9.55. The van der Waals surface area contributed by atoms with E-state index >= 15 is 0 Å². The molecule has 4 nitrogen and oxygen atoms in total. The van der Waals surface area contributed by atoms with Crippen LogP contribution in [0.4, 0.5) is 0 Å². The fourth-order valence-corrected chi connectivity index (χ4v) is 3.20. The van der Waals surface area contributed by atoms with Gasteiger partial charge < -0.3 is 10.4 Å². The number of hydrogen-bond acceptors (Lipinski definition) is 5. The third-order valence-corrected chi connectivity index (χ3v) is 3.61. The van der Waals surface area contributed by atoms with E-state index in [0.717, 1.165) is 11.4 Å². The zero-order chi connectivity index (χ0) is 13.6. The summed E-state index contributed by atoms with van der Waals surface area (Å²) in [5.41, 5.74) is -0.247. The van der Waals surface area contributed by atoms with E-state index in [1.54, 1.807) is 30.4 Å². The van der Waals surface area contributed by atoms with E-state index in [1.807, 2.05) is 0 Å². The van der Waals surface area contributed by atoms with Crippen molar-refractivity contribution >= 4 is 11.8 Å². The molecule has 5 heteroatoms. The number of hydrogen-bond donors (Lipinski definition) is 2. The average Bonchev–Trinajstić information content (AvgIpc) is 2.28. The van der Waals surface area contributed by atoms with Gasteiger partial charge in [-0.25, -0.2) is 4.98 Å². The van der Waals surface area contributed by atoms with E-state index in [1.165, 1.54) is 0 Å². The van der Waals surface area contributed by atoms with E-state index < -0.39 is 0 Å². The molecule has 0 bridgehead atoms. The molecule has 0 amide bonds. The van der Waals surface area contributed by atoms with Gasteiger partial charge in [-0.3, -0.25) is 4.98 Å². The van der Waals surface area contributed by atoms with Gasteiger partial charge in [-0.2, -0.15) is 0 Å². The first-order valence-corrected chi connectivity index (χ1v) is 7.14. The van der Waals surface area contributed by atoms with E-state index in [-0.39, 0.29) is 12.1 Å². The number of aliphatic hydroxyl groups is 1. The zero-order valence-electron chi connectivity index (χ0n) is 11.6. The fourth-order valence-electron chi connectivity index (χ4n) is 2.09. The van der Waals surface area contributed by atoms with Crippen LogP contribution in [0, 0.1) is 0 Å². The second-order valence-corrected chi connectivity index (χ2v) is 6.65. The SMILES string of the molecule is CC(C)NC(C)(CO)CC(C)Sc1cnccn1. The van der Waals surface area contributed by atoms with Gasteiger partial charge in [0, 0.05) is 29.2 Å².